The number of hydrogen-bond donors (Lipinski definition) is 1. The highest BCUT2D eigenvalue weighted by Crippen LogP contribution is 2.40. The Morgan fingerprint density at radius 3 is 2.35 bits per heavy atom. The van der Waals surface area contributed by atoms with Crippen LogP contribution in [0.3, 0.4) is 0 Å². The normalized spacial score (nSPS) is 35.0. The SMILES string of the molecule is CCC(O)N1/C2=C(/CCCCCC2)CCCC2CCCCCC21. The first-order chi connectivity index (χ1) is 11.3. The largest absolute Gasteiger partial charge is 0.374 e. The second-order valence-corrected chi connectivity index (χ2v) is 8.12. The van der Waals surface area contributed by atoms with Crippen LogP contribution >= 0.6 is 0 Å². The average Bonchev–Trinajstić information content (AvgIpc) is 2.76. The smallest absolute Gasteiger partial charge is 0.126 e. The monoisotopic (exact) mass is 319 g/mol. The fraction of sp³-hybridized carbons (Fsp3) is 0.905. The van der Waals surface area contributed by atoms with Crippen molar-refractivity contribution in [3.8, 4) is 0 Å². The van der Waals surface area contributed by atoms with Crippen molar-refractivity contribution in [1.82, 2.24) is 4.90 Å². The molecule has 2 heteroatoms. The molecule has 0 spiro atoms. The topological polar surface area (TPSA) is 23.5 Å². The van der Waals surface area contributed by atoms with E-state index in [9.17, 15) is 5.11 Å². The van der Waals surface area contributed by atoms with Crippen LogP contribution in [0.25, 0.3) is 0 Å². The molecule has 3 rings (SSSR count). The van der Waals surface area contributed by atoms with Gasteiger partial charge in [0, 0.05) is 11.7 Å². The summed E-state index contributed by atoms with van der Waals surface area (Å²) in [6, 6.07) is 0.608. The standard InChI is InChI=1S/C21H37NO/c1-2-21(23)22-19-15-8-4-3-6-11-17(19)13-10-14-18-12-7-5-9-16-20(18)22/h18,20-21,23H,2-16H2,1H3/b19-17-. The Balaban J connectivity index is 1.95. The van der Waals surface area contributed by atoms with Crippen molar-refractivity contribution in [2.45, 2.75) is 116 Å². The van der Waals surface area contributed by atoms with Crippen LogP contribution in [0.5, 0.6) is 0 Å². The lowest BCUT2D eigenvalue weighted by Crippen LogP contribution is -2.47. The van der Waals surface area contributed by atoms with Gasteiger partial charge in [0.1, 0.15) is 6.23 Å². The summed E-state index contributed by atoms with van der Waals surface area (Å²) in [6.07, 6.45) is 19.5. The molecule has 23 heavy (non-hydrogen) atoms. The molecular formula is C21H37NO. The van der Waals surface area contributed by atoms with Gasteiger partial charge >= 0.3 is 0 Å². The first-order valence-corrected chi connectivity index (χ1v) is 10.5. The third-order valence-electron chi connectivity index (χ3n) is 6.58. The summed E-state index contributed by atoms with van der Waals surface area (Å²) >= 11 is 0. The van der Waals surface area contributed by atoms with E-state index in [4.69, 9.17) is 0 Å². The molecule has 3 aliphatic rings. The predicted octanol–water partition coefficient (Wildman–Crippen LogP) is 5.76. The highest BCUT2D eigenvalue weighted by atomic mass is 16.3. The fourth-order valence-corrected chi connectivity index (χ4v) is 5.33. The molecule has 1 saturated carbocycles. The molecule has 0 aromatic heterocycles. The van der Waals surface area contributed by atoms with E-state index in [0.29, 0.717) is 6.04 Å². The minimum Gasteiger partial charge on any atom is -0.374 e. The summed E-state index contributed by atoms with van der Waals surface area (Å²) < 4.78 is 0. The Hall–Kier alpha value is -0.500. The maximum Gasteiger partial charge on any atom is 0.126 e. The molecule has 2 aliphatic carbocycles. The van der Waals surface area contributed by atoms with Gasteiger partial charge in [-0.3, -0.25) is 0 Å². The van der Waals surface area contributed by atoms with E-state index >= 15 is 0 Å². The van der Waals surface area contributed by atoms with Gasteiger partial charge in [0.05, 0.1) is 0 Å². The van der Waals surface area contributed by atoms with Crippen LogP contribution in [0.15, 0.2) is 11.3 Å². The molecule has 0 aromatic rings. The predicted molar refractivity (Wildman–Crippen MR) is 97.1 cm³/mol. The third kappa shape index (κ3) is 4.13. The van der Waals surface area contributed by atoms with Crippen LogP contribution in [0.4, 0.5) is 0 Å². The molecule has 0 aromatic carbocycles. The summed E-state index contributed by atoms with van der Waals surface area (Å²) in [5.74, 6) is 0.818. The second-order valence-electron chi connectivity index (χ2n) is 8.12. The van der Waals surface area contributed by atoms with Gasteiger partial charge in [-0.25, -0.2) is 0 Å². The molecule has 1 N–H and O–H groups in total. The van der Waals surface area contributed by atoms with Crippen LogP contribution < -0.4 is 0 Å². The number of aliphatic hydroxyl groups is 1. The summed E-state index contributed by atoms with van der Waals surface area (Å²) in [4.78, 5) is 2.55. The van der Waals surface area contributed by atoms with Crippen LogP contribution in [0.1, 0.15) is 103 Å². The molecule has 0 amide bonds. The van der Waals surface area contributed by atoms with Crippen molar-refractivity contribution < 1.29 is 5.11 Å². The molecule has 3 unspecified atom stereocenters. The van der Waals surface area contributed by atoms with E-state index in [1.807, 2.05) is 0 Å². The van der Waals surface area contributed by atoms with Crippen molar-refractivity contribution in [3.05, 3.63) is 11.3 Å². The van der Waals surface area contributed by atoms with Crippen molar-refractivity contribution in [2.24, 2.45) is 5.92 Å². The van der Waals surface area contributed by atoms with Gasteiger partial charge in [0.15, 0.2) is 0 Å². The fourth-order valence-electron chi connectivity index (χ4n) is 5.33. The molecule has 0 bridgehead atoms. The van der Waals surface area contributed by atoms with Gasteiger partial charge in [-0.2, -0.15) is 0 Å². The number of allylic oxidation sites excluding steroid dienone is 2. The zero-order valence-electron chi connectivity index (χ0n) is 15.2. The highest BCUT2D eigenvalue weighted by molar-refractivity contribution is 5.17. The van der Waals surface area contributed by atoms with Crippen molar-refractivity contribution >= 4 is 0 Å². The van der Waals surface area contributed by atoms with E-state index in [-0.39, 0.29) is 6.23 Å². The molecule has 3 atom stereocenters. The van der Waals surface area contributed by atoms with Crippen LogP contribution in [-0.4, -0.2) is 22.3 Å². The molecule has 1 fully saturated rings. The third-order valence-corrected chi connectivity index (χ3v) is 6.58. The molecule has 2 nitrogen and oxygen atoms in total. The lowest BCUT2D eigenvalue weighted by molar-refractivity contribution is -0.0273. The number of fused-ring (bicyclic) bond motifs is 1. The maximum atomic E-state index is 10.9. The molecule has 1 heterocycles. The van der Waals surface area contributed by atoms with Gasteiger partial charge in [-0.05, 0) is 70.1 Å². The van der Waals surface area contributed by atoms with Gasteiger partial charge in [-0.15, -0.1) is 0 Å². The van der Waals surface area contributed by atoms with E-state index in [0.717, 1.165) is 12.3 Å². The summed E-state index contributed by atoms with van der Waals surface area (Å²) in [6.45, 7) is 2.15. The summed E-state index contributed by atoms with van der Waals surface area (Å²) in [5, 5.41) is 10.9. The summed E-state index contributed by atoms with van der Waals surface area (Å²) in [5.41, 5.74) is 3.29. The molecular weight excluding hydrogens is 282 g/mol. The number of aliphatic hydroxyl groups excluding tert-OH is 1. The van der Waals surface area contributed by atoms with E-state index in [2.05, 4.69) is 11.8 Å². The van der Waals surface area contributed by atoms with Crippen molar-refractivity contribution in [2.75, 3.05) is 0 Å². The van der Waals surface area contributed by atoms with E-state index in [1.54, 1.807) is 11.3 Å². The van der Waals surface area contributed by atoms with Crippen LogP contribution in [0, 0.1) is 5.92 Å². The van der Waals surface area contributed by atoms with Crippen molar-refractivity contribution in [3.63, 3.8) is 0 Å². The minimum absolute atomic E-state index is 0.261. The number of nitrogens with zero attached hydrogens (tertiary/aromatic N) is 1. The zero-order valence-corrected chi connectivity index (χ0v) is 15.2. The zero-order chi connectivity index (χ0) is 16.1. The van der Waals surface area contributed by atoms with Crippen LogP contribution in [-0.2, 0) is 0 Å². The Labute approximate surface area is 143 Å². The van der Waals surface area contributed by atoms with Gasteiger partial charge in [-0.1, -0.05) is 44.6 Å². The minimum atomic E-state index is -0.261. The van der Waals surface area contributed by atoms with Gasteiger partial charge in [0.25, 0.3) is 0 Å². The molecule has 0 saturated heterocycles. The Morgan fingerprint density at radius 1 is 0.870 bits per heavy atom. The van der Waals surface area contributed by atoms with Gasteiger partial charge in [0.2, 0.25) is 0 Å². The lowest BCUT2D eigenvalue weighted by Gasteiger charge is -2.45. The second kappa shape index (κ2) is 8.55. The number of hydrogen-bond acceptors (Lipinski definition) is 2. The number of rotatable bonds is 2. The van der Waals surface area contributed by atoms with E-state index < -0.39 is 0 Å². The highest BCUT2D eigenvalue weighted by Gasteiger charge is 2.35. The van der Waals surface area contributed by atoms with Crippen LogP contribution in [0.2, 0.25) is 0 Å². The first kappa shape index (κ1) is 17.3. The molecule has 0 radical (unpaired) electrons. The Morgan fingerprint density at radius 2 is 1.52 bits per heavy atom. The first-order valence-electron chi connectivity index (χ1n) is 10.5. The average molecular weight is 320 g/mol. The van der Waals surface area contributed by atoms with Gasteiger partial charge < -0.3 is 10.0 Å². The Bertz CT molecular complexity index is 403. The lowest BCUT2D eigenvalue weighted by atomic mass is 9.82. The quantitative estimate of drug-likeness (QED) is 0.699. The van der Waals surface area contributed by atoms with Crippen molar-refractivity contribution in [1.29, 1.82) is 0 Å². The molecule has 1 aliphatic heterocycles. The summed E-state index contributed by atoms with van der Waals surface area (Å²) in [7, 11) is 0. The molecule has 132 valence electrons. The maximum absolute atomic E-state index is 10.9. The Kier molecular flexibility index (Phi) is 6.44. The van der Waals surface area contributed by atoms with E-state index in [1.165, 1.54) is 89.9 Å².